The molecule has 1 unspecified atom stereocenters. The first-order chi connectivity index (χ1) is 12.6. The minimum Gasteiger partial charge on any atom is -0.480 e. The second-order valence-corrected chi connectivity index (χ2v) is 6.79. The topological polar surface area (TPSA) is 179 Å². The summed E-state index contributed by atoms with van der Waals surface area (Å²) in [5.74, 6) is -4.68. The van der Waals surface area contributed by atoms with Gasteiger partial charge in [0.25, 0.3) is 0 Å². The summed E-state index contributed by atoms with van der Waals surface area (Å²) in [6, 6.07) is -3.10. The maximum atomic E-state index is 11.5. The predicted molar refractivity (Wildman–Crippen MR) is 87.0 cm³/mol. The Kier molecular flexibility index (Phi) is 6.70. The van der Waals surface area contributed by atoms with Crippen molar-refractivity contribution in [3.05, 3.63) is 0 Å². The van der Waals surface area contributed by atoms with E-state index in [0.717, 1.165) is 0 Å². The second kappa shape index (κ2) is 8.61. The van der Waals surface area contributed by atoms with Crippen LogP contribution in [-0.4, -0.2) is 121 Å². The van der Waals surface area contributed by atoms with Gasteiger partial charge in [-0.15, -0.1) is 0 Å². The Morgan fingerprint density at radius 2 is 1.30 bits per heavy atom. The lowest BCUT2D eigenvalue weighted by Gasteiger charge is -2.32. The Bertz CT molecular complexity index is 613. The van der Waals surface area contributed by atoms with Crippen LogP contribution in [0.25, 0.3) is 0 Å². The summed E-state index contributed by atoms with van der Waals surface area (Å²) in [5.41, 5.74) is 0. The fourth-order valence-electron chi connectivity index (χ4n) is 3.97. The van der Waals surface area contributed by atoms with Crippen LogP contribution in [0.3, 0.4) is 0 Å². The van der Waals surface area contributed by atoms with E-state index in [1.54, 1.807) is 0 Å². The fourth-order valence-corrected chi connectivity index (χ4v) is 3.97. The number of aliphatic carboxylic acids is 4. The average molecular weight is 389 g/mol. The van der Waals surface area contributed by atoms with Crippen LogP contribution >= 0.6 is 0 Å². The van der Waals surface area contributed by atoms with Crippen LogP contribution < -0.4 is 0 Å². The monoisotopic (exact) mass is 389 g/mol. The van der Waals surface area contributed by atoms with Crippen LogP contribution in [-0.2, 0) is 19.2 Å². The van der Waals surface area contributed by atoms with Crippen molar-refractivity contribution in [1.82, 2.24) is 14.7 Å². The van der Waals surface area contributed by atoms with E-state index in [9.17, 15) is 39.6 Å². The molecule has 12 heteroatoms. The SMILES string of the molecule is O=C(O)CN1C[C@@H](N(CC(=O)O)C2C[C@@H](C(=O)O)N(CO)C2)C[C@H]1C(=O)O. The van der Waals surface area contributed by atoms with Crippen molar-refractivity contribution >= 4 is 23.9 Å². The fraction of sp³-hybridized carbons (Fsp3) is 0.733. The first-order valence-electron chi connectivity index (χ1n) is 8.38. The minimum absolute atomic E-state index is 0.0310. The van der Waals surface area contributed by atoms with E-state index >= 15 is 0 Å². The smallest absolute Gasteiger partial charge is 0.321 e. The highest BCUT2D eigenvalue weighted by molar-refractivity contribution is 5.76. The molecule has 2 saturated heterocycles. The Morgan fingerprint density at radius 3 is 1.67 bits per heavy atom. The molecule has 0 aromatic rings. The first kappa shape index (κ1) is 21.0. The molecule has 0 saturated carbocycles. The molecule has 0 aromatic carbocycles. The quantitative estimate of drug-likeness (QED) is 0.279. The minimum atomic E-state index is -1.19. The lowest BCUT2D eigenvalue weighted by atomic mass is 10.1. The molecule has 0 radical (unpaired) electrons. The van der Waals surface area contributed by atoms with Crippen LogP contribution in [0.4, 0.5) is 0 Å². The van der Waals surface area contributed by atoms with E-state index in [2.05, 4.69) is 0 Å². The number of carbonyl (C=O) groups is 4. The van der Waals surface area contributed by atoms with Crippen LogP contribution in [0.2, 0.25) is 0 Å². The predicted octanol–water partition coefficient (Wildman–Crippen LogP) is -2.54. The van der Waals surface area contributed by atoms with E-state index in [0.29, 0.717) is 0 Å². The third kappa shape index (κ3) is 4.91. The number of aliphatic hydroxyl groups is 1. The van der Waals surface area contributed by atoms with Gasteiger partial charge in [0.15, 0.2) is 0 Å². The van der Waals surface area contributed by atoms with E-state index in [1.807, 2.05) is 0 Å². The standard InChI is InChI=1S/C15H23N3O9/c19-7-17-4-9(2-11(17)15(26)27)18(6-13(22)23)8-1-10(14(24)25)16(3-8)5-12(20)21/h8-11,19H,1-7H2,(H,20,21)(H,22,23)(H,24,25)(H,26,27)/t8-,9?,10-,11-/m0/s1. The van der Waals surface area contributed by atoms with Gasteiger partial charge in [0.2, 0.25) is 0 Å². The Balaban J connectivity index is 2.21. The lowest BCUT2D eigenvalue weighted by molar-refractivity contribution is -0.145. The van der Waals surface area contributed by atoms with Gasteiger partial charge in [0.05, 0.1) is 19.8 Å². The Labute approximate surface area is 154 Å². The first-order valence-corrected chi connectivity index (χ1v) is 8.38. The second-order valence-electron chi connectivity index (χ2n) is 6.79. The summed E-state index contributed by atoms with van der Waals surface area (Å²) in [6.45, 7) is -1.26. The van der Waals surface area contributed by atoms with Gasteiger partial charge in [0.1, 0.15) is 12.1 Å². The van der Waals surface area contributed by atoms with Crippen molar-refractivity contribution in [1.29, 1.82) is 0 Å². The maximum Gasteiger partial charge on any atom is 0.321 e. The molecule has 0 aromatic heterocycles. The molecule has 2 rings (SSSR count). The van der Waals surface area contributed by atoms with Gasteiger partial charge >= 0.3 is 23.9 Å². The van der Waals surface area contributed by atoms with Crippen molar-refractivity contribution in [2.24, 2.45) is 0 Å². The van der Waals surface area contributed by atoms with Crippen molar-refractivity contribution in [3.8, 4) is 0 Å². The molecule has 152 valence electrons. The van der Waals surface area contributed by atoms with E-state index < -0.39 is 67.9 Å². The molecule has 2 fully saturated rings. The summed E-state index contributed by atoms with van der Waals surface area (Å²) < 4.78 is 0. The highest BCUT2D eigenvalue weighted by atomic mass is 16.4. The molecule has 4 atom stereocenters. The third-order valence-corrected chi connectivity index (χ3v) is 5.11. The van der Waals surface area contributed by atoms with Gasteiger partial charge in [0, 0.05) is 25.2 Å². The number of carboxylic acid groups (broad SMARTS) is 4. The molecule has 0 spiro atoms. The number of hydrogen-bond donors (Lipinski definition) is 5. The molecule has 27 heavy (non-hydrogen) atoms. The number of aliphatic hydroxyl groups excluding tert-OH is 1. The van der Waals surface area contributed by atoms with Gasteiger partial charge in [-0.3, -0.25) is 33.9 Å². The normalized spacial score (nSPS) is 29.3. The van der Waals surface area contributed by atoms with Gasteiger partial charge in [-0.25, -0.2) is 0 Å². The van der Waals surface area contributed by atoms with Crippen LogP contribution in [0, 0.1) is 0 Å². The van der Waals surface area contributed by atoms with Crippen molar-refractivity contribution in [2.75, 3.05) is 32.9 Å². The largest absolute Gasteiger partial charge is 0.480 e. The summed E-state index contributed by atoms with van der Waals surface area (Å²) in [7, 11) is 0. The van der Waals surface area contributed by atoms with E-state index in [-0.39, 0.29) is 25.9 Å². The van der Waals surface area contributed by atoms with Gasteiger partial charge < -0.3 is 25.5 Å². The Morgan fingerprint density at radius 1 is 0.815 bits per heavy atom. The van der Waals surface area contributed by atoms with E-state index in [1.165, 1.54) is 14.7 Å². The van der Waals surface area contributed by atoms with Crippen molar-refractivity contribution in [3.63, 3.8) is 0 Å². The molecule has 2 aliphatic rings. The summed E-state index contributed by atoms with van der Waals surface area (Å²) in [6.07, 6.45) is 0.111. The molecule has 0 bridgehead atoms. The number of nitrogens with zero attached hydrogens (tertiary/aromatic N) is 3. The average Bonchev–Trinajstić information content (AvgIpc) is 3.16. The zero-order valence-electron chi connectivity index (χ0n) is 14.5. The third-order valence-electron chi connectivity index (χ3n) is 5.11. The summed E-state index contributed by atoms with van der Waals surface area (Å²) in [4.78, 5) is 49.2. The zero-order valence-corrected chi connectivity index (χ0v) is 14.5. The highest BCUT2D eigenvalue weighted by Gasteiger charge is 2.46. The van der Waals surface area contributed by atoms with Crippen molar-refractivity contribution < 1.29 is 44.7 Å². The molecule has 0 amide bonds. The van der Waals surface area contributed by atoms with Crippen LogP contribution in [0.1, 0.15) is 12.8 Å². The maximum absolute atomic E-state index is 11.5. The molecule has 2 heterocycles. The van der Waals surface area contributed by atoms with Gasteiger partial charge in [-0.2, -0.15) is 0 Å². The molecule has 12 nitrogen and oxygen atoms in total. The number of carboxylic acids is 4. The lowest BCUT2D eigenvalue weighted by Crippen LogP contribution is -2.48. The van der Waals surface area contributed by atoms with Crippen molar-refractivity contribution in [2.45, 2.75) is 37.0 Å². The summed E-state index contributed by atoms with van der Waals surface area (Å²) in [5, 5.41) is 46.2. The number of rotatable bonds is 9. The molecular formula is C15H23N3O9. The number of likely N-dealkylation sites (tertiary alicyclic amines) is 2. The van der Waals surface area contributed by atoms with Crippen LogP contribution in [0.5, 0.6) is 0 Å². The van der Waals surface area contributed by atoms with Gasteiger partial charge in [-0.1, -0.05) is 0 Å². The highest BCUT2D eigenvalue weighted by Crippen LogP contribution is 2.29. The molecule has 2 aliphatic heterocycles. The van der Waals surface area contributed by atoms with Gasteiger partial charge in [-0.05, 0) is 12.8 Å². The molecule has 5 N–H and O–H groups in total. The summed E-state index contributed by atoms with van der Waals surface area (Å²) >= 11 is 0. The molecular weight excluding hydrogens is 366 g/mol. The molecule has 0 aliphatic carbocycles. The zero-order chi connectivity index (χ0) is 20.3. The Hall–Kier alpha value is -2.28. The number of hydrogen-bond acceptors (Lipinski definition) is 8. The van der Waals surface area contributed by atoms with E-state index in [4.69, 9.17) is 5.11 Å². The van der Waals surface area contributed by atoms with Crippen LogP contribution in [0.15, 0.2) is 0 Å².